The lowest BCUT2D eigenvalue weighted by molar-refractivity contribution is 0.151. The van der Waals surface area contributed by atoms with Gasteiger partial charge in [0, 0.05) is 5.56 Å². The highest BCUT2D eigenvalue weighted by Crippen LogP contribution is 2.32. The van der Waals surface area contributed by atoms with Crippen LogP contribution in [-0.2, 0) is 0 Å². The first-order valence-electron chi connectivity index (χ1n) is 2.82. The van der Waals surface area contributed by atoms with Crippen LogP contribution in [0, 0.1) is 3.70 Å². The summed E-state index contributed by atoms with van der Waals surface area (Å²) in [6, 6.07) is 1.26. The van der Waals surface area contributed by atoms with Crippen LogP contribution in [0.2, 0.25) is 5.02 Å². The quantitative estimate of drug-likeness (QED) is 0.539. The molecule has 0 bridgehead atoms. The van der Waals surface area contributed by atoms with E-state index >= 15 is 0 Å². The van der Waals surface area contributed by atoms with Crippen molar-refractivity contribution in [3.05, 3.63) is 25.0 Å². The fourth-order valence-electron chi connectivity index (χ4n) is 0.645. The van der Waals surface area contributed by atoms with Gasteiger partial charge in [-0.25, -0.2) is 13.8 Å². The summed E-state index contributed by atoms with van der Waals surface area (Å²) in [5, 5.41) is -0.0228. The zero-order valence-electron chi connectivity index (χ0n) is 5.49. The molecule has 0 fully saturated rings. The molecule has 0 aromatic carbocycles. The third-order valence-corrected chi connectivity index (χ3v) is 2.90. The van der Waals surface area contributed by atoms with Crippen LogP contribution in [0.1, 0.15) is 12.0 Å². The number of hydrogen-bond donors (Lipinski definition) is 0. The van der Waals surface area contributed by atoms with Crippen molar-refractivity contribution in [1.82, 2.24) is 4.98 Å². The molecule has 0 aliphatic rings. The molecule has 0 amide bonds. The van der Waals surface area contributed by atoms with E-state index < -0.39 is 6.43 Å². The van der Waals surface area contributed by atoms with Gasteiger partial charge in [-0.2, -0.15) is 0 Å². The molecule has 1 aromatic rings. The number of nitrogens with zero attached hydrogens (tertiary/aromatic N) is 1. The zero-order chi connectivity index (χ0) is 9.30. The minimum absolute atomic E-state index is 0.0228. The van der Waals surface area contributed by atoms with Gasteiger partial charge < -0.3 is 0 Å². The molecule has 0 N–H and O–H groups in total. The summed E-state index contributed by atoms with van der Waals surface area (Å²) in [5.74, 6) is 0. The van der Waals surface area contributed by atoms with Gasteiger partial charge in [-0.3, -0.25) is 0 Å². The summed E-state index contributed by atoms with van der Waals surface area (Å²) in [7, 11) is 0. The van der Waals surface area contributed by atoms with E-state index in [0.717, 1.165) is 0 Å². The van der Waals surface area contributed by atoms with Gasteiger partial charge in [0.25, 0.3) is 6.43 Å². The number of rotatable bonds is 1. The third kappa shape index (κ3) is 2.26. The van der Waals surface area contributed by atoms with Crippen LogP contribution in [0.15, 0.2) is 10.7 Å². The van der Waals surface area contributed by atoms with Gasteiger partial charge in [0.05, 0.1) is 5.02 Å². The first-order chi connectivity index (χ1) is 5.52. The summed E-state index contributed by atoms with van der Waals surface area (Å²) in [5.41, 5.74) is -0.192. The molecule has 0 aliphatic heterocycles. The summed E-state index contributed by atoms with van der Waals surface area (Å²) in [6.45, 7) is 0. The van der Waals surface area contributed by atoms with Gasteiger partial charge in [-0.15, -0.1) is 0 Å². The molecule has 0 saturated heterocycles. The smallest absolute Gasteiger partial charge is 0.233 e. The molecular weight excluding hydrogens is 366 g/mol. The molecule has 0 radical (unpaired) electrons. The fourth-order valence-corrected chi connectivity index (χ4v) is 2.15. The van der Waals surface area contributed by atoms with E-state index in [-0.39, 0.29) is 15.2 Å². The maximum absolute atomic E-state index is 12.3. The number of aromatic nitrogens is 1. The summed E-state index contributed by atoms with van der Waals surface area (Å²) >= 11 is 10.4. The first kappa shape index (κ1) is 10.6. The lowest BCUT2D eigenvalue weighted by atomic mass is 10.3. The highest BCUT2D eigenvalue weighted by molar-refractivity contribution is 14.1. The predicted octanol–water partition coefficient (Wildman–Crippen LogP) is 4.04. The molecule has 1 aromatic heterocycles. The Morgan fingerprint density at radius 3 is 2.67 bits per heavy atom. The monoisotopic (exact) mass is 367 g/mol. The molecule has 0 aliphatic carbocycles. The number of alkyl halides is 2. The molecule has 12 heavy (non-hydrogen) atoms. The Morgan fingerprint density at radius 2 is 2.17 bits per heavy atom. The zero-order valence-corrected chi connectivity index (χ0v) is 9.99. The van der Waals surface area contributed by atoms with E-state index in [1.54, 1.807) is 0 Å². The van der Waals surface area contributed by atoms with Crippen LogP contribution in [-0.4, -0.2) is 4.98 Å². The van der Waals surface area contributed by atoms with E-state index in [1.807, 2.05) is 22.6 Å². The van der Waals surface area contributed by atoms with Crippen molar-refractivity contribution in [1.29, 1.82) is 0 Å². The van der Waals surface area contributed by atoms with E-state index in [1.165, 1.54) is 6.07 Å². The van der Waals surface area contributed by atoms with Gasteiger partial charge in [0.15, 0.2) is 0 Å². The Morgan fingerprint density at radius 1 is 1.58 bits per heavy atom. The minimum atomic E-state index is -2.56. The molecule has 0 unspecified atom stereocenters. The number of hydrogen-bond acceptors (Lipinski definition) is 1. The molecule has 0 saturated carbocycles. The van der Waals surface area contributed by atoms with Crippen LogP contribution >= 0.6 is 50.1 Å². The van der Waals surface area contributed by atoms with Crippen molar-refractivity contribution in [3.8, 4) is 0 Å². The van der Waals surface area contributed by atoms with Crippen LogP contribution in [0.4, 0.5) is 8.78 Å². The Balaban J connectivity index is 3.28. The van der Waals surface area contributed by atoms with Crippen molar-refractivity contribution in [2.45, 2.75) is 6.43 Å². The second-order valence-electron chi connectivity index (χ2n) is 1.94. The van der Waals surface area contributed by atoms with E-state index in [2.05, 4.69) is 20.9 Å². The van der Waals surface area contributed by atoms with Crippen molar-refractivity contribution in [3.63, 3.8) is 0 Å². The fraction of sp³-hybridized carbons (Fsp3) is 0.167. The summed E-state index contributed by atoms with van der Waals surface area (Å²) < 4.78 is 25.2. The van der Waals surface area contributed by atoms with Crippen LogP contribution in [0.5, 0.6) is 0 Å². The lowest BCUT2D eigenvalue weighted by Crippen LogP contribution is -1.92. The molecule has 0 atom stereocenters. The average molecular weight is 368 g/mol. The lowest BCUT2D eigenvalue weighted by Gasteiger charge is -2.04. The Labute approximate surface area is 94.8 Å². The van der Waals surface area contributed by atoms with Gasteiger partial charge in [-0.1, -0.05) is 11.6 Å². The molecule has 6 heteroatoms. The van der Waals surface area contributed by atoms with Crippen LogP contribution in [0.3, 0.4) is 0 Å². The molecule has 0 spiro atoms. The van der Waals surface area contributed by atoms with E-state index in [4.69, 9.17) is 11.6 Å². The highest BCUT2D eigenvalue weighted by Gasteiger charge is 2.15. The van der Waals surface area contributed by atoms with Crippen molar-refractivity contribution in [2.24, 2.45) is 0 Å². The molecule has 1 nitrogen and oxygen atoms in total. The largest absolute Gasteiger partial charge is 0.265 e. The van der Waals surface area contributed by atoms with Gasteiger partial charge in [0.1, 0.15) is 8.30 Å². The second kappa shape index (κ2) is 4.15. The van der Waals surface area contributed by atoms with Crippen molar-refractivity contribution < 1.29 is 8.78 Å². The standard InChI is InChI=1S/C6H2BrClF2IN/c7-5-4(8)2(6(9)10)1-3(11)12-5/h1,6H. The van der Waals surface area contributed by atoms with Crippen LogP contribution in [0.25, 0.3) is 0 Å². The topological polar surface area (TPSA) is 12.9 Å². The minimum Gasteiger partial charge on any atom is -0.233 e. The Hall–Kier alpha value is 0.510. The normalized spacial score (nSPS) is 10.8. The second-order valence-corrected chi connectivity index (χ2v) is 4.17. The summed E-state index contributed by atoms with van der Waals surface area (Å²) in [6.07, 6.45) is -2.56. The van der Waals surface area contributed by atoms with E-state index in [9.17, 15) is 8.78 Å². The number of pyridine rings is 1. The van der Waals surface area contributed by atoms with Gasteiger partial charge >= 0.3 is 0 Å². The molecule has 1 rings (SSSR count). The van der Waals surface area contributed by atoms with Crippen molar-refractivity contribution >= 4 is 50.1 Å². The van der Waals surface area contributed by atoms with Crippen molar-refractivity contribution in [2.75, 3.05) is 0 Å². The van der Waals surface area contributed by atoms with Gasteiger partial charge in [0.2, 0.25) is 0 Å². The molecule has 1 heterocycles. The Kier molecular flexibility index (Phi) is 3.66. The average Bonchev–Trinajstić information content (AvgIpc) is 1.96. The van der Waals surface area contributed by atoms with E-state index in [0.29, 0.717) is 3.70 Å². The summed E-state index contributed by atoms with van der Waals surface area (Å²) in [4.78, 5) is 3.85. The first-order valence-corrected chi connectivity index (χ1v) is 5.07. The maximum atomic E-state index is 12.3. The third-order valence-electron chi connectivity index (χ3n) is 1.15. The molecular formula is C6H2BrClF2IN. The maximum Gasteiger partial charge on any atom is 0.265 e. The Bertz CT molecular complexity index is 308. The highest BCUT2D eigenvalue weighted by atomic mass is 127. The number of halogens is 5. The molecule has 66 valence electrons. The van der Waals surface area contributed by atoms with Crippen LogP contribution < -0.4 is 0 Å². The van der Waals surface area contributed by atoms with Gasteiger partial charge in [-0.05, 0) is 44.6 Å². The predicted molar refractivity (Wildman–Crippen MR) is 54.6 cm³/mol. The SMILES string of the molecule is FC(F)c1cc(I)nc(Br)c1Cl.